The van der Waals surface area contributed by atoms with Crippen molar-refractivity contribution in [3.8, 4) is 0 Å². The Morgan fingerprint density at radius 1 is 1.27 bits per heavy atom. The van der Waals surface area contributed by atoms with E-state index in [1.165, 1.54) is 6.26 Å². The van der Waals surface area contributed by atoms with Crippen LogP contribution in [0.25, 0.3) is 0 Å². The lowest BCUT2D eigenvalue weighted by atomic mass is 9.97. The van der Waals surface area contributed by atoms with Crippen LogP contribution in [-0.4, -0.2) is 56.9 Å². The molecular weight excluding hydrogens is 300 g/mol. The van der Waals surface area contributed by atoms with Gasteiger partial charge in [0.15, 0.2) is 0 Å². The van der Waals surface area contributed by atoms with Gasteiger partial charge in [0.25, 0.3) is 0 Å². The third-order valence-electron chi connectivity index (χ3n) is 4.48. The molecule has 0 radical (unpaired) electrons. The van der Waals surface area contributed by atoms with E-state index in [9.17, 15) is 13.2 Å². The zero-order valence-corrected chi connectivity index (χ0v) is 15.1. The smallest absolute Gasteiger partial charge is 0.223 e. The highest BCUT2D eigenvalue weighted by molar-refractivity contribution is 7.90. The molecule has 1 fully saturated rings. The Balaban J connectivity index is 2.31. The van der Waals surface area contributed by atoms with E-state index in [-0.39, 0.29) is 23.6 Å². The van der Waals surface area contributed by atoms with Crippen LogP contribution < -0.4 is 5.32 Å². The molecule has 0 aromatic heterocycles. The number of sulfone groups is 1. The summed E-state index contributed by atoms with van der Waals surface area (Å²) in [5.41, 5.74) is 0. The van der Waals surface area contributed by atoms with Crippen LogP contribution in [0.3, 0.4) is 0 Å². The Morgan fingerprint density at radius 3 is 2.41 bits per heavy atom. The van der Waals surface area contributed by atoms with Crippen LogP contribution in [0.15, 0.2) is 0 Å². The van der Waals surface area contributed by atoms with Crippen LogP contribution >= 0.6 is 0 Å². The van der Waals surface area contributed by atoms with Crippen LogP contribution in [0, 0.1) is 5.92 Å². The lowest BCUT2D eigenvalue weighted by molar-refractivity contribution is -0.126. The van der Waals surface area contributed by atoms with E-state index in [1.807, 2.05) is 0 Å². The highest BCUT2D eigenvalue weighted by Crippen LogP contribution is 2.15. The molecule has 0 aliphatic carbocycles. The van der Waals surface area contributed by atoms with Gasteiger partial charge in [0, 0.05) is 37.8 Å². The Hall–Kier alpha value is -0.620. The van der Waals surface area contributed by atoms with Crippen molar-refractivity contribution in [3.05, 3.63) is 0 Å². The summed E-state index contributed by atoms with van der Waals surface area (Å²) in [5.74, 6) is 0.563. The Bertz CT molecular complexity index is 429. The molecule has 6 heteroatoms. The molecule has 1 N–H and O–H groups in total. The van der Waals surface area contributed by atoms with Gasteiger partial charge in [-0.15, -0.1) is 0 Å². The molecule has 5 nitrogen and oxygen atoms in total. The predicted octanol–water partition coefficient (Wildman–Crippen LogP) is 1.83. The van der Waals surface area contributed by atoms with Gasteiger partial charge in [-0.3, -0.25) is 4.79 Å². The molecular formula is C16H32N2O3S. The summed E-state index contributed by atoms with van der Waals surface area (Å²) in [6.07, 6.45) is 7.23. The maximum atomic E-state index is 12.3. The average molecular weight is 333 g/mol. The molecule has 0 spiro atoms. The van der Waals surface area contributed by atoms with Gasteiger partial charge in [-0.1, -0.05) is 26.7 Å². The van der Waals surface area contributed by atoms with E-state index in [1.54, 1.807) is 0 Å². The number of rotatable bonds is 9. The zero-order valence-electron chi connectivity index (χ0n) is 14.3. The predicted molar refractivity (Wildman–Crippen MR) is 90.6 cm³/mol. The minimum atomic E-state index is -2.89. The molecule has 1 aliphatic heterocycles. The van der Waals surface area contributed by atoms with Crippen LogP contribution in [0.4, 0.5) is 0 Å². The van der Waals surface area contributed by atoms with Gasteiger partial charge in [-0.25, -0.2) is 8.42 Å². The number of nitrogens with zero attached hydrogens (tertiary/aromatic N) is 1. The molecule has 0 aromatic rings. The Labute approximate surface area is 135 Å². The van der Waals surface area contributed by atoms with Crippen molar-refractivity contribution in [3.63, 3.8) is 0 Å². The van der Waals surface area contributed by atoms with Crippen molar-refractivity contribution in [2.24, 2.45) is 5.92 Å². The minimum Gasteiger partial charge on any atom is -0.353 e. The van der Waals surface area contributed by atoms with Crippen LogP contribution in [0.1, 0.15) is 52.4 Å². The Kier molecular flexibility index (Phi) is 8.39. The molecule has 0 saturated carbocycles. The van der Waals surface area contributed by atoms with Gasteiger partial charge >= 0.3 is 0 Å². The largest absolute Gasteiger partial charge is 0.353 e. The van der Waals surface area contributed by atoms with Crippen molar-refractivity contribution >= 4 is 15.7 Å². The topological polar surface area (TPSA) is 66.5 Å². The first-order valence-electron chi connectivity index (χ1n) is 8.56. The number of piperidine rings is 1. The number of carbonyl (C=O) groups is 1. The normalized spacial score (nSPS) is 19.0. The molecule has 1 saturated heterocycles. The van der Waals surface area contributed by atoms with Crippen LogP contribution in [0.5, 0.6) is 0 Å². The maximum absolute atomic E-state index is 12.3. The quantitative estimate of drug-likeness (QED) is 0.699. The lowest BCUT2D eigenvalue weighted by Crippen LogP contribution is -2.47. The van der Waals surface area contributed by atoms with Crippen molar-refractivity contribution in [2.75, 3.05) is 31.6 Å². The monoisotopic (exact) mass is 332 g/mol. The average Bonchev–Trinajstić information content (AvgIpc) is 2.46. The number of carbonyl (C=O) groups excluding carboxylic acids is 1. The lowest BCUT2D eigenvalue weighted by Gasteiger charge is -2.32. The number of unbranched alkanes of at least 4 members (excludes halogenated alkanes) is 1. The maximum Gasteiger partial charge on any atom is 0.223 e. The van der Waals surface area contributed by atoms with E-state index in [4.69, 9.17) is 0 Å². The SMILES string of the molecule is CCCCC(CC)C(=O)NC1CCN(CCS(C)(=O)=O)CC1. The fourth-order valence-electron chi connectivity index (χ4n) is 2.89. The van der Waals surface area contributed by atoms with Gasteiger partial charge < -0.3 is 10.2 Å². The molecule has 0 aromatic carbocycles. The molecule has 1 rings (SSSR count). The fraction of sp³-hybridized carbons (Fsp3) is 0.938. The summed E-state index contributed by atoms with van der Waals surface area (Å²) in [7, 11) is -2.89. The summed E-state index contributed by atoms with van der Waals surface area (Å²) in [6.45, 7) is 6.57. The summed E-state index contributed by atoms with van der Waals surface area (Å²) in [5, 5.41) is 3.19. The highest BCUT2D eigenvalue weighted by atomic mass is 32.2. The van der Waals surface area contributed by atoms with E-state index in [0.29, 0.717) is 6.54 Å². The number of hydrogen-bond acceptors (Lipinski definition) is 4. The summed E-state index contributed by atoms with van der Waals surface area (Å²) in [6, 6.07) is 0.248. The van der Waals surface area contributed by atoms with Crippen molar-refractivity contribution in [2.45, 2.75) is 58.4 Å². The summed E-state index contributed by atoms with van der Waals surface area (Å²) >= 11 is 0. The first-order chi connectivity index (χ1) is 10.4. The van der Waals surface area contributed by atoms with E-state index in [0.717, 1.165) is 51.6 Å². The van der Waals surface area contributed by atoms with Gasteiger partial charge in [-0.05, 0) is 25.7 Å². The van der Waals surface area contributed by atoms with E-state index >= 15 is 0 Å². The third-order valence-corrected chi connectivity index (χ3v) is 5.41. The third kappa shape index (κ3) is 7.58. The standard InChI is InChI=1S/C16H32N2O3S/c1-4-6-7-14(5-2)16(19)17-15-8-10-18(11-9-15)12-13-22(3,20)21/h14-15H,4-13H2,1-3H3,(H,17,19). The molecule has 130 valence electrons. The molecule has 1 unspecified atom stereocenters. The molecule has 22 heavy (non-hydrogen) atoms. The van der Waals surface area contributed by atoms with Gasteiger partial charge in [0.05, 0.1) is 5.75 Å². The minimum absolute atomic E-state index is 0.142. The summed E-state index contributed by atoms with van der Waals surface area (Å²) in [4.78, 5) is 14.5. The second kappa shape index (κ2) is 9.50. The van der Waals surface area contributed by atoms with E-state index in [2.05, 4.69) is 24.1 Å². The van der Waals surface area contributed by atoms with Crippen LogP contribution in [-0.2, 0) is 14.6 Å². The van der Waals surface area contributed by atoms with Gasteiger partial charge in [0.1, 0.15) is 9.84 Å². The molecule has 1 aliphatic rings. The fourth-order valence-corrected chi connectivity index (χ4v) is 3.48. The van der Waals surface area contributed by atoms with Gasteiger partial charge in [0.2, 0.25) is 5.91 Å². The van der Waals surface area contributed by atoms with Crippen molar-refractivity contribution in [1.82, 2.24) is 10.2 Å². The molecule has 1 amide bonds. The van der Waals surface area contributed by atoms with Gasteiger partial charge in [-0.2, -0.15) is 0 Å². The second-order valence-electron chi connectivity index (χ2n) is 6.50. The van der Waals surface area contributed by atoms with E-state index < -0.39 is 9.84 Å². The number of likely N-dealkylation sites (tertiary alicyclic amines) is 1. The van der Waals surface area contributed by atoms with Crippen LogP contribution in [0.2, 0.25) is 0 Å². The first kappa shape index (κ1) is 19.4. The summed E-state index contributed by atoms with van der Waals surface area (Å²) < 4.78 is 22.4. The second-order valence-corrected chi connectivity index (χ2v) is 8.76. The molecule has 1 heterocycles. The van der Waals surface area contributed by atoms with Crippen molar-refractivity contribution in [1.29, 1.82) is 0 Å². The number of amides is 1. The molecule has 0 bridgehead atoms. The Morgan fingerprint density at radius 2 is 1.91 bits per heavy atom. The number of nitrogens with one attached hydrogen (secondary N) is 1. The zero-order chi connectivity index (χ0) is 16.6. The van der Waals surface area contributed by atoms with Crippen molar-refractivity contribution < 1.29 is 13.2 Å². The number of hydrogen-bond donors (Lipinski definition) is 1. The first-order valence-corrected chi connectivity index (χ1v) is 10.6. The highest BCUT2D eigenvalue weighted by Gasteiger charge is 2.24. The molecule has 1 atom stereocenters.